The van der Waals surface area contributed by atoms with Crippen molar-refractivity contribution in [3.05, 3.63) is 54.1 Å². The number of hydrogen-bond donors (Lipinski definition) is 0. The molecule has 0 aliphatic carbocycles. The molecule has 3 nitrogen and oxygen atoms in total. The largest absolute Gasteiger partial charge is 0.496 e. The lowest BCUT2D eigenvalue weighted by Crippen LogP contribution is -2.22. The minimum absolute atomic E-state index is 0.205. The normalized spacial score (nSPS) is 14.8. The van der Waals surface area contributed by atoms with Crippen molar-refractivity contribution in [2.45, 2.75) is 19.3 Å². The highest BCUT2D eigenvalue weighted by Gasteiger charge is 2.15. The fourth-order valence-electron chi connectivity index (χ4n) is 3.13. The van der Waals surface area contributed by atoms with E-state index in [-0.39, 0.29) is 5.78 Å². The number of benzene rings is 2. The van der Waals surface area contributed by atoms with Gasteiger partial charge < -0.3 is 9.64 Å². The number of carbonyl (C=O) groups is 1. The van der Waals surface area contributed by atoms with E-state index in [2.05, 4.69) is 4.90 Å². The monoisotopic (exact) mass is 309 g/mol. The molecule has 0 spiro atoms. The van der Waals surface area contributed by atoms with Gasteiger partial charge in [-0.25, -0.2) is 0 Å². The van der Waals surface area contributed by atoms with Gasteiger partial charge in [0.25, 0.3) is 0 Å². The van der Waals surface area contributed by atoms with Crippen LogP contribution in [0.3, 0.4) is 0 Å². The Labute approximate surface area is 137 Å². The molecular weight excluding hydrogens is 286 g/mol. The number of methoxy groups -OCH3 is 1. The summed E-state index contributed by atoms with van der Waals surface area (Å²) in [5.41, 5.74) is 2.81. The first-order valence-corrected chi connectivity index (χ1v) is 8.27. The van der Waals surface area contributed by atoms with E-state index in [4.69, 9.17) is 4.74 Å². The Morgan fingerprint density at radius 3 is 2.52 bits per heavy atom. The molecule has 1 aliphatic rings. The predicted octanol–water partition coefficient (Wildman–Crippen LogP) is 4.03. The van der Waals surface area contributed by atoms with Gasteiger partial charge in [0.15, 0.2) is 5.78 Å². The highest BCUT2D eigenvalue weighted by atomic mass is 16.5. The smallest absolute Gasteiger partial charge is 0.164 e. The fourth-order valence-corrected chi connectivity index (χ4v) is 3.13. The Balaban J connectivity index is 1.78. The van der Waals surface area contributed by atoms with Gasteiger partial charge in [-0.1, -0.05) is 30.3 Å². The quantitative estimate of drug-likeness (QED) is 0.755. The maximum atomic E-state index is 12.5. The van der Waals surface area contributed by atoms with E-state index in [0.29, 0.717) is 6.42 Å². The second kappa shape index (κ2) is 7.42. The summed E-state index contributed by atoms with van der Waals surface area (Å²) in [6.45, 7) is 3.13. The van der Waals surface area contributed by atoms with Crippen LogP contribution in [0.25, 0.3) is 11.1 Å². The number of rotatable bonds is 6. The molecule has 2 aromatic rings. The summed E-state index contributed by atoms with van der Waals surface area (Å²) in [4.78, 5) is 14.9. The molecule has 2 aromatic carbocycles. The van der Waals surface area contributed by atoms with Crippen LogP contribution in [0.2, 0.25) is 0 Å². The zero-order chi connectivity index (χ0) is 16.1. The van der Waals surface area contributed by atoms with Crippen LogP contribution < -0.4 is 4.74 Å². The van der Waals surface area contributed by atoms with Crippen LogP contribution in [-0.2, 0) is 0 Å². The molecule has 0 radical (unpaired) electrons. The van der Waals surface area contributed by atoms with Gasteiger partial charge in [-0.3, -0.25) is 4.79 Å². The van der Waals surface area contributed by atoms with Gasteiger partial charge in [0, 0.05) is 24.1 Å². The van der Waals surface area contributed by atoms with E-state index in [1.165, 1.54) is 12.8 Å². The molecule has 0 amide bonds. The van der Waals surface area contributed by atoms with Crippen LogP contribution in [-0.4, -0.2) is 37.4 Å². The van der Waals surface area contributed by atoms with E-state index >= 15 is 0 Å². The van der Waals surface area contributed by atoms with Gasteiger partial charge in [0.1, 0.15) is 5.75 Å². The topological polar surface area (TPSA) is 29.5 Å². The van der Waals surface area contributed by atoms with Crippen LogP contribution >= 0.6 is 0 Å². The number of hydrogen-bond acceptors (Lipinski definition) is 3. The zero-order valence-corrected chi connectivity index (χ0v) is 13.6. The van der Waals surface area contributed by atoms with Crippen LogP contribution in [0.4, 0.5) is 0 Å². The van der Waals surface area contributed by atoms with E-state index in [9.17, 15) is 4.79 Å². The standard InChI is InChI=1S/C20H23NO2/c1-23-20-10-9-17(15-18(20)16-7-3-2-4-8-16)19(22)11-14-21-12-5-6-13-21/h2-4,7-10,15H,5-6,11-14H2,1H3. The first-order valence-electron chi connectivity index (χ1n) is 8.27. The molecule has 0 unspecified atom stereocenters. The highest BCUT2D eigenvalue weighted by molar-refractivity contribution is 5.97. The maximum Gasteiger partial charge on any atom is 0.164 e. The number of nitrogens with zero attached hydrogens (tertiary/aromatic N) is 1. The molecule has 1 saturated heterocycles. The summed E-state index contributed by atoms with van der Waals surface area (Å²) in [6, 6.07) is 15.8. The van der Waals surface area contributed by atoms with E-state index in [1.807, 2.05) is 48.5 Å². The molecule has 0 aromatic heterocycles. The lowest BCUT2D eigenvalue weighted by Gasteiger charge is -2.14. The zero-order valence-electron chi connectivity index (χ0n) is 13.6. The van der Waals surface area contributed by atoms with Gasteiger partial charge in [0.2, 0.25) is 0 Å². The summed E-state index contributed by atoms with van der Waals surface area (Å²) >= 11 is 0. The number of Topliss-reactive ketones (excluding diaryl/α,β-unsaturated/α-hetero) is 1. The van der Waals surface area contributed by atoms with Crippen molar-refractivity contribution in [1.82, 2.24) is 4.90 Å². The summed E-state index contributed by atoms with van der Waals surface area (Å²) in [5.74, 6) is 1.00. The molecule has 120 valence electrons. The van der Waals surface area contributed by atoms with Gasteiger partial charge in [-0.2, -0.15) is 0 Å². The van der Waals surface area contributed by atoms with Gasteiger partial charge in [0.05, 0.1) is 7.11 Å². The minimum atomic E-state index is 0.205. The fraction of sp³-hybridized carbons (Fsp3) is 0.350. The van der Waals surface area contributed by atoms with Crippen molar-refractivity contribution in [3.63, 3.8) is 0 Å². The molecular formula is C20H23NO2. The molecule has 0 N–H and O–H groups in total. The van der Waals surface area contributed by atoms with Crippen molar-refractivity contribution in [1.29, 1.82) is 0 Å². The molecule has 23 heavy (non-hydrogen) atoms. The second-order valence-electron chi connectivity index (χ2n) is 6.00. The minimum Gasteiger partial charge on any atom is -0.496 e. The molecule has 0 atom stereocenters. The molecule has 1 aliphatic heterocycles. The molecule has 0 bridgehead atoms. The number of ether oxygens (including phenoxy) is 1. The summed E-state index contributed by atoms with van der Waals surface area (Å²) in [7, 11) is 1.66. The van der Waals surface area contributed by atoms with E-state index < -0.39 is 0 Å². The molecule has 1 fully saturated rings. The maximum absolute atomic E-state index is 12.5. The summed E-state index contributed by atoms with van der Waals surface area (Å²) in [6.07, 6.45) is 3.10. The van der Waals surface area contributed by atoms with Crippen molar-refractivity contribution in [3.8, 4) is 16.9 Å². The number of ketones is 1. The average molecular weight is 309 g/mol. The molecule has 3 heteroatoms. The Bertz CT molecular complexity index is 661. The van der Waals surface area contributed by atoms with Gasteiger partial charge in [-0.05, 0) is 49.7 Å². The van der Waals surface area contributed by atoms with Gasteiger partial charge >= 0.3 is 0 Å². The van der Waals surface area contributed by atoms with Crippen molar-refractivity contribution >= 4 is 5.78 Å². The van der Waals surface area contributed by atoms with Crippen LogP contribution in [0.1, 0.15) is 29.6 Å². The van der Waals surface area contributed by atoms with Crippen molar-refractivity contribution < 1.29 is 9.53 Å². The lowest BCUT2D eigenvalue weighted by atomic mass is 9.99. The second-order valence-corrected chi connectivity index (χ2v) is 6.00. The van der Waals surface area contributed by atoms with Crippen molar-refractivity contribution in [2.75, 3.05) is 26.7 Å². The molecule has 0 saturated carbocycles. The Hall–Kier alpha value is -2.13. The molecule has 1 heterocycles. The third kappa shape index (κ3) is 3.80. The Morgan fingerprint density at radius 1 is 1.09 bits per heavy atom. The SMILES string of the molecule is COc1ccc(C(=O)CCN2CCCC2)cc1-c1ccccc1. The first kappa shape index (κ1) is 15.8. The summed E-state index contributed by atoms with van der Waals surface area (Å²) in [5, 5.41) is 0. The van der Waals surface area contributed by atoms with E-state index in [0.717, 1.165) is 42.1 Å². The Kier molecular flexibility index (Phi) is 5.09. The van der Waals surface area contributed by atoms with E-state index in [1.54, 1.807) is 7.11 Å². The van der Waals surface area contributed by atoms with Crippen LogP contribution in [0.15, 0.2) is 48.5 Å². The average Bonchev–Trinajstić information content (AvgIpc) is 3.13. The van der Waals surface area contributed by atoms with Crippen LogP contribution in [0, 0.1) is 0 Å². The first-order chi connectivity index (χ1) is 11.3. The number of likely N-dealkylation sites (tertiary alicyclic amines) is 1. The predicted molar refractivity (Wildman–Crippen MR) is 93.1 cm³/mol. The van der Waals surface area contributed by atoms with Gasteiger partial charge in [-0.15, -0.1) is 0 Å². The molecule has 3 rings (SSSR count). The highest BCUT2D eigenvalue weighted by Crippen LogP contribution is 2.31. The van der Waals surface area contributed by atoms with Crippen LogP contribution in [0.5, 0.6) is 5.75 Å². The van der Waals surface area contributed by atoms with Crippen molar-refractivity contribution in [2.24, 2.45) is 0 Å². The number of carbonyl (C=O) groups excluding carboxylic acids is 1. The summed E-state index contributed by atoms with van der Waals surface area (Å²) < 4.78 is 5.46. The third-order valence-electron chi connectivity index (χ3n) is 4.46. The Morgan fingerprint density at radius 2 is 1.83 bits per heavy atom. The lowest BCUT2D eigenvalue weighted by molar-refractivity contribution is 0.0969. The third-order valence-corrected chi connectivity index (χ3v) is 4.46.